The van der Waals surface area contributed by atoms with Crippen molar-refractivity contribution in [2.24, 2.45) is 0 Å². The summed E-state index contributed by atoms with van der Waals surface area (Å²) in [5.41, 5.74) is 2.20. The van der Waals surface area contributed by atoms with Crippen molar-refractivity contribution in [1.29, 1.82) is 0 Å². The molecular formula is C16H18ClNO. The lowest BCUT2D eigenvalue weighted by Crippen LogP contribution is -2.27. The van der Waals surface area contributed by atoms with Gasteiger partial charge in [-0.05, 0) is 30.2 Å². The Kier molecular flexibility index (Phi) is 4.97. The molecule has 2 N–H and O–H groups in total. The number of nitrogens with one attached hydrogen (secondary N) is 1. The summed E-state index contributed by atoms with van der Waals surface area (Å²) in [6.07, 6.45) is 0. The fourth-order valence-corrected chi connectivity index (χ4v) is 2.31. The molecule has 2 aromatic rings. The summed E-state index contributed by atoms with van der Waals surface area (Å²) in [6.45, 7) is 2.13. The lowest BCUT2D eigenvalue weighted by molar-refractivity contribution is 0.235. The van der Waals surface area contributed by atoms with Crippen LogP contribution in [0.1, 0.15) is 30.1 Å². The number of benzene rings is 2. The molecule has 2 aromatic carbocycles. The minimum Gasteiger partial charge on any atom is -0.394 e. The SMILES string of the molecule is CC(N[C@H](CO)c1ccccc1)c1cccc(Cl)c1. The van der Waals surface area contributed by atoms with Crippen molar-refractivity contribution in [2.75, 3.05) is 6.61 Å². The number of hydrogen-bond donors (Lipinski definition) is 2. The average Bonchev–Trinajstić information content (AvgIpc) is 2.45. The number of rotatable bonds is 5. The van der Waals surface area contributed by atoms with Crippen molar-refractivity contribution < 1.29 is 5.11 Å². The molecule has 0 aliphatic heterocycles. The monoisotopic (exact) mass is 275 g/mol. The molecule has 0 fully saturated rings. The van der Waals surface area contributed by atoms with E-state index in [9.17, 15) is 5.11 Å². The van der Waals surface area contributed by atoms with Crippen LogP contribution in [0.25, 0.3) is 0 Å². The van der Waals surface area contributed by atoms with Crippen LogP contribution in [-0.2, 0) is 0 Å². The largest absolute Gasteiger partial charge is 0.394 e. The third-order valence-electron chi connectivity index (χ3n) is 3.18. The van der Waals surface area contributed by atoms with E-state index in [4.69, 9.17) is 11.6 Å². The lowest BCUT2D eigenvalue weighted by atomic mass is 10.0. The highest BCUT2D eigenvalue weighted by atomic mass is 35.5. The Balaban J connectivity index is 2.10. The van der Waals surface area contributed by atoms with Gasteiger partial charge in [-0.1, -0.05) is 54.1 Å². The van der Waals surface area contributed by atoms with Gasteiger partial charge in [0.2, 0.25) is 0 Å². The van der Waals surface area contributed by atoms with Crippen molar-refractivity contribution in [3.05, 3.63) is 70.7 Å². The standard InChI is InChI=1S/C16H18ClNO/c1-12(14-8-5-9-15(17)10-14)18-16(11-19)13-6-3-2-4-7-13/h2-10,12,16,18-19H,11H2,1H3/t12?,16-/m1/s1. The first-order valence-electron chi connectivity index (χ1n) is 6.38. The molecule has 0 saturated heterocycles. The van der Waals surface area contributed by atoms with Gasteiger partial charge in [-0.2, -0.15) is 0 Å². The van der Waals surface area contributed by atoms with Crippen LogP contribution in [0.4, 0.5) is 0 Å². The normalized spacial score (nSPS) is 14.1. The first-order valence-corrected chi connectivity index (χ1v) is 6.76. The van der Waals surface area contributed by atoms with Gasteiger partial charge in [0.15, 0.2) is 0 Å². The number of hydrogen-bond acceptors (Lipinski definition) is 2. The molecule has 0 aliphatic carbocycles. The average molecular weight is 276 g/mol. The van der Waals surface area contributed by atoms with Crippen LogP contribution in [0.15, 0.2) is 54.6 Å². The highest BCUT2D eigenvalue weighted by molar-refractivity contribution is 6.30. The van der Waals surface area contributed by atoms with Gasteiger partial charge in [0, 0.05) is 11.1 Å². The summed E-state index contributed by atoms with van der Waals surface area (Å²) in [5, 5.41) is 13.7. The molecule has 19 heavy (non-hydrogen) atoms. The van der Waals surface area contributed by atoms with Gasteiger partial charge < -0.3 is 10.4 Å². The van der Waals surface area contributed by atoms with Crippen LogP contribution in [0.3, 0.4) is 0 Å². The van der Waals surface area contributed by atoms with Crippen molar-refractivity contribution in [1.82, 2.24) is 5.32 Å². The zero-order valence-corrected chi connectivity index (χ0v) is 11.6. The Bertz CT molecular complexity index is 515. The summed E-state index contributed by atoms with van der Waals surface area (Å²) >= 11 is 6.00. The third kappa shape index (κ3) is 3.80. The molecule has 0 spiro atoms. The number of halogens is 1. The van der Waals surface area contributed by atoms with E-state index < -0.39 is 0 Å². The fourth-order valence-electron chi connectivity index (χ4n) is 2.11. The Morgan fingerprint density at radius 2 is 1.74 bits per heavy atom. The molecule has 2 rings (SSSR count). The zero-order valence-electron chi connectivity index (χ0n) is 10.9. The summed E-state index contributed by atoms with van der Waals surface area (Å²) in [7, 11) is 0. The Labute approximate surface area is 119 Å². The summed E-state index contributed by atoms with van der Waals surface area (Å²) in [4.78, 5) is 0. The van der Waals surface area contributed by atoms with E-state index in [1.54, 1.807) is 0 Å². The van der Waals surface area contributed by atoms with Gasteiger partial charge in [-0.15, -0.1) is 0 Å². The molecule has 2 nitrogen and oxygen atoms in total. The van der Waals surface area contributed by atoms with Crippen LogP contribution in [-0.4, -0.2) is 11.7 Å². The minimum absolute atomic E-state index is 0.0644. The quantitative estimate of drug-likeness (QED) is 0.872. The van der Waals surface area contributed by atoms with E-state index in [0.717, 1.165) is 16.1 Å². The van der Waals surface area contributed by atoms with Crippen LogP contribution in [0.5, 0.6) is 0 Å². The molecule has 1 unspecified atom stereocenters. The maximum Gasteiger partial charge on any atom is 0.0626 e. The van der Waals surface area contributed by atoms with E-state index in [0.29, 0.717) is 0 Å². The van der Waals surface area contributed by atoms with Gasteiger partial charge in [0.1, 0.15) is 0 Å². The van der Waals surface area contributed by atoms with Crippen molar-refractivity contribution >= 4 is 11.6 Å². The fraction of sp³-hybridized carbons (Fsp3) is 0.250. The molecule has 0 saturated carbocycles. The molecule has 0 bridgehead atoms. The zero-order chi connectivity index (χ0) is 13.7. The minimum atomic E-state index is -0.0739. The predicted octanol–water partition coefficient (Wildman–Crippen LogP) is 3.72. The molecular weight excluding hydrogens is 258 g/mol. The Morgan fingerprint density at radius 3 is 2.37 bits per heavy atom. The van der Waals surface area contributed by atoms with E-state index >= 15 is 0 Å². The molecule has 3 heteroatoms. The van der Waals surface area contributed by atoms with E-state index in [1.165, 1.54) is 0 Å². The topological polar surface area (TPSA) is 32.3 Å². The highest BCUT2D eigenvalue weighted by Gasteiger charge is 2.14. The second-order valence-electron chi connectivity index (χ2n) is 4.59. The maximum atomic E-state index is 9.54. The molecule has 2 atom stereocenters. The molecule has 0 aromatic heterocycles. The van der Waals surface area contributed by atoms with Gasteiger partial charge in [-0.3, -0.25) is 0 Å². The molecule has 100 valence electrons. The Morgan fingerprint density at radius 1 is 1.05 bits per heavy atom. The summed E-state index contributed by atoms with van der Waals surface area (Å²) in [5.74, 6) is 0. The third-order valence-corrected chi connectivity index (χ3v) is 3.42. The van der Waals surface area contributed by atoms with Gasteiger partial charge in [0.05, 0.1) is 12.6 Å². The van der Waals surface area contributed by atoms with Crippen LogP contribution < -0.4 is 5.32 Å². The highest BCUT2D eigenvalue weighted by Crippen LogP contribution is 2.21. The van der Waals surface area contributed by atoms with Gasteiger partial charge in [0.25, 0.3) is 0 Å². The van der Waals surface area contributed by atoms with Gasteiger partial charge >= 0.3 is 0 Å². The molecule has 0 amide bonds. The molecule has 0 aliphatic rings. The number of aliphatic hydroxyl groups is 1. The lowest BCUT2D eigenvalue weighted by Gasteiger charge is -2.22. The van der Waals surface area contributed by atoms with Crippen molar-refractivity contribution in [2.45, 2.75) is 19.0 Å². The van der Waals surface area contributed by atoms with E-state index in [2.05, 4.69) is 12.2 Å². The van der Waals surface area contributed by atoms with Gasteiger partial charge in [-0.25, -0.2) is 0 Å². The van der Waals surface area contributed by atoms with Crippen LogP contribution >= 0.6 is 11.6 Å². The molecule has 0 heterocycles. The maximum absolute atomic E-state index is 9.54. The smallest absolute Gasteiger partial charge is 0.0626 e. The number of aliphatic hydroxyl groups excluding tert-OH is 1. The first-order chi connectivity index (χ1) is 9.20. The first kappa shape index (κ1) is 14.1. The van der Waals surface area contributed by atoms with E-state index in [-0.39, 0.29) is 18.7 Å². The molecule has 0 radical (unpaired) electrons. The van der Waals surface area contributed by atoms with Crippen molar-refractivity contribution in [3.8, 4) is 0 Å². The predicted molar refractivity (Wildman–Crippen MR) is 79.3 cm³/mol. The second kappa shape index (κ2) is 6.71. The second-order valence-corrected chi connectivity index (χ2v) is 5.03. The van der Waals surface area contributed by atoms with Crippen LogP contribution in [0, 0.1) is 0 Å². The summed E-state index contributed by atoms with van der Waals surface area (Å²) < 4.78 is 0. The van der Waals surface area contributed by atoms with Crippen LogP contribution in [0.2, 0.25) is 5.02 Å². The van der Waals surface area contributed by atoms with E-state index in [1.807, 2.05) is 54.6 Å². The Hall–Kier alpha value is -1.35. The van der Waals surface area contributed by atoms with Crippen molar-refractivity contribution in [3.63, 3.8) is 0 Å². The summed E-state index contributed by atoms with van der Waals surface area (Å²) in [6, 6.07) is 17.8.